The third kappa shape index (κ3) is 3.38. The van der Waals surface area contributed by atoms with Crippen LogP contribution in [0.3, 0.4) is 0 Å². The molecule has 2 aliphatic rings. The van der Waals surface area contributed by atoms with E-state index >= 15 is 0 Å². The lowest BCUT2D eigenvalue weighted by atomic mass is 9.81. The first-order valence-electron chi connectivity index (χ1n) is 11.1. The van der Waals surface area contributed by atoms with Crippen molar-refractivity contribution >= 4 is 16.8 Å². The van der Waals surface area contributed by atoms with Crippen LogP contribution in [0.25, 0.3) is 22.3 Å². The maximum atomic E-state index is 6.65. The number of nitrogens with one attached hydrogen (secondary N) is 1. The second-order valence-corrected chi connectivity index (χ2v) is 9.21. The smallest absolute Gasteiger partial charge is 0.144 e. The molecule has 0 bridgehead atoms. The molecular weight excluding hydrogens is 394 g/mol. The molecule has 162 valence electrons. The number of ether oxygens (including phenoxy) is 2. The van der Waals surface area contributed by atoms with Gasteiger partial charge in [0.15, 0.2) is 0 Å². The summed E-state index contributed by atoms with van der Waals surface area (Å²) in [5, 5.41) is 3.69. The van der Waals surface area contributed by atoms with Gasteiger partial charge in [-0.1, -0.05) is 48.5 Å². The summed E-state index contributed by atoms with van der Waals surface area (Å²) in [7, 11) is 1.72. The van der Waals surface area contributed by atoms with Crippen molar-refractivity contribution in [3.8, 4) is 22.6 Å². The van der Waals surface area contributed by atoms with Gasteiger partial charge in [-0.05, 0) is 74.2 Å². The van der Waals surface area contributed by atoms with E-state index in [1.807, 2.05) is 24.3 Å². The summed E-state index contributed by atoms with van der Waals surface area (Å²) in [6.07, 6.45) is 4.34. The van der Waals surface area contributed by atoms with Gasteiger partial charge in [-0.2, -0.15) is 0 Å². The highest BCUT2D eigenvalue weighted by atomic mass is 16.5. The van der Waals surface area contributed by atoms with E-state index in [0.717, 1.165) is 22.7 Å². The van der Waals surface area contributed by atoms with E-state index in [0.29, 0.717) is 0 Å². The lowest BCUT2D eigenvalue weighted by Gasteiger charge is -2.37. The Morgan fingerprint density at radius 1 is 1.00 bits per heavy atom. The Hall–Kier alpha value is -3.46. The van der Waals surface area contributed by atoms with Crippen LogP contribution in [0.5, 0.6) is 11.5 Å². The van der Waals surface area contributed by atoms with Crippen molar-refractivity contribution < 1.29 is 9.47 Å². The van der Waals surface area contributed by atoms with Crippen LogP contribution >= 0.6 is 0 Å². The minimum Gasteiger partial charge on any atom is -0.496 e. The van der Waals surface area contributed by atoms with E-state index < -0.39 is 0 Å². The first kappa shape index (κ1) is 20.4. The third-order valence-corrected chi connectivity index (χ3v) is 6.32. The molecule has 2 aliphatic heterocycles. The Labute approximate surface area is 190 Å². The SMILES string of the molecule is COc1cccc2c1-c1ccc3c(c1C(C=C(C)c1ccccc1)O2)C(C)=CC(C)(C)N3. The standard InChI is InChI=1S/C29H29NO2/c1-18(20-10-7-6-8-11-20)16-25-28-21(27-23(31-5)12-9-13-24(27)32-25)14-15-22-26(28)19(2)17-29(3,4)30-22/h6-17,25,30H,1-5H3. The Bertz CT molecular complexity index is 1250. The number of anilines is 1. The van der Waals surface area contributed by atoms with Gasteiger partial charge in [-0.3, -0.25) is 0 Å². The minimum absolute atomic E-state index is 0.0955. The van der Waals surface area contributed by atoms with Crippen molar-refractivity contribution in [2.24, 2.45) is 0 Å². The van der Waals surface area contributed by atoms with E-state index in [1.165, 1.54) is 33.4 Å². The molecule has 3 aromatic carbocycles. The molecule has 1 unspecified atom stereocenters. The molecule has 3 aromatic rings. The van der Waals surface area contributed by atoms with Gasteiger partial charge >= 0.3 is 0 Å². The molecule has 5 rings (SSSR count). The number of rotatable bonds is 3. The van der Waals surface area contributed by atoms with Crippen molar-refractivity contribution in [3.63, 3.8) is 0 Å². The molecule has 0 amide bonds. The molecule has 0 saturated carbocycles. The van der Waals surface area contributed by atoms with E-state index in [1.54, 1.807) is 7.11 Å². The van der Waals surface area contributed by atoms with Crippen molar-refractivity contribution in [1.29, 1.82) is 0 Å². The van der Waals surface area contributed by atoms with Crippen LogP contribution in [0.4, 0.5) is 5.69 Å². The number of fused-ring (bicyclic) bond motifs is 5. The summed E-state index contributed by atoms with van der Waals surface area (Å²) in [4.78, 5) is 0. The van der Waals surface area contributed by atoms with Crippen LogP contribution in [0.2, 0.25) is 0 Å². The maximum absolute atomic E-state index is 6.65. The Morgan fingerprint density at radius 2 is 1.78 bits per heavy atom. The highest BCUT2D eigenvalue weighted by Gasteiger charge is 2.34. The van der Waals surface area contributed by atoms with E-state index in [2.05, 4.69) is 81.6 Å². The number of allylic oxidation sites excluding steroid dienone is 2. The van der Waals surface area contributed by atoms with Crippen LogP contribution < -0.4 is 14.8 Å². The zero-order chi connectivity index (χ0) is 22.5. The van der Waals surface area contributed by atoms with Crippen molar-refractivity contribution in [2.75, 3.05) is 12.4 Å². The van der Waals surface area contributed by atoms with Gasteiger partial charge in [0.25, 0.3) is 0 Å². The molecule has 0 radical (unpaired) electrons. The fourth-order valence-electron chi connectivity index (χ4n) is 5.04. The summed E-state index contributed by atoms with van der Waals surface area (Å²) in [5.74, 6) is 1.68. The Balaban J connectivity index is 1.76. The summed E-state index contributed by atoms with van der Waals surface area (Å²) >= 11 is 0. The van der Waals surface area contributed by atoms with Crippen molar-refractivity contribution in [3.05, 3.63) is 89.5 Å². The molecule has 0 aromatic heterocycles. The molecule has 1 N–H and O–H groups in total. The second-order valence-electron chi connectivity index (χ2n) is 9.21. The summed E-state index contributed by atoms with van der Waals surface area (Å²) in [5.41, 5.74) is 9.30. The normalized spacial score (nSPS) is 18.3. The predicted molar refractivity (Wildman–Crippen MR) is 133 cm³/mol. The zero-order valence-corrected chi connectivity index (χ0v) is 19.3. The van der Waals surface area contributed by atoms with E-state index in [9.17, 15) is 0 Å². The predicted octanol–water partition coefficient (Wildman–Crippen LogP) is 7.51. The highest BCUT2D eigenvalue weighted by Crippen LogP contribution is 2.52. The molecule has 2 heterocycles. The Kier molecular flexibility index (Phi) is 4.85. The van der Waals surface area contributed by atoms with Crippen LogP contribution in [0.15, 0.2) is 72.8 Å². The molecule has 3 heteroatoms. The molecule has 0 aliphatic carbocycles. The highest BCUT2D eigenvalue weighted by molar-refractivity contribution is 5.92. The maximum Gasteiger partial charge on any atom is 0.144 e. The van der Waals surface area contributed by atoms with Crippen LogP contribution in [0, 0.1) is 0 Å². The van der Waals surface area contributed by atoms with Gasteiger partial charge in [-0.25, -0.2) is 0 Å². The van der Waals surface area contributed by atoms with E-state index in [-0.39, 0.29) is 11.6 Å². The zero-order valence-electron chi connectivity index (χ0n) is 19.3. The molecular formula is C29H29NO2. The number of benzene rings is 3. The first-order chi connectivity index (χ1) is 15.4. The van der Waals surface area contributed by atoms with Gasteiger partial charge in [0.1, 0.15) is 17.6 Å². The molecule has 32 heavy (non-hydrogen) atoms. The lowest BCUT2D eigenvalue weighted by Crippen LogP contribution is -2.32. The van der Waals surface area contributed by atoms with Gasteiger partial charge in [0, 0.05) is 16.8 Å². The van der Waals surface area contributed by atoms with E-state index in [4.69, 9.17) is 9.47 Å². The third-order valence-electron chi connectivity index (χ3n) is 6.32. The van der Waals surface area contributed by atoms with Gasteiger partial charge in [0.05, 0.1) is 18.2 Å². The number of hydrogen-bond acceptors (Lipinski definition) is 3. The monoisotopic (exact) mass is 423 g/mol. The largest absolute Gasteiger partial charge is 0.496 e. The average molecular weight is 424 g/mol. The number of methoxy groups -OCH3 is 1. The molecule has 0 fully saturated rings. The average Bonchev–Trinajstić information content (AvgIpc) is 2.77. The van der Waals surface area contributed by atoms with Crippen molar-refractivity contribution in [1.82, 2.24) is 0 Å². The molecule has 3 nitrogen and oxygen atoms in total. The van der Waals surface area contributed by atoms with Crippen molar-refractivity contribution in [2.45, 2.75) is 39.3 Å². The minimum atomic E-state index is -0.203. The lowest BCUT2D eigenvalue weighted by molar-refractivity contribution is 0.250. The summed E-state index contributed by atoms with van der Waals surface area (Å²) in [6.45, 7) is 8.75. The molecule has 0 spiro atoms. The summed E-state index contributed by atoms with van der Waals surface area (Å²) in [6, 6.07) is 20.9. The fraction of sp³-hybridized carbons (Fsp3) is 0.241. The number of hydrogen-bond donors (Lipinski definition) is 1. The van der Waals surface area contributed by atoms with Gasteiger partial charge in [0.2, 0.25) is 0 Å². The molecule has 0 saturated heterocycles. The Morgan fingerprint density at radius 3 is 2.53 bits per heavy atom. The summed E-state index contributed by atoms with van der Waals surface area (Å²) < 4.78 is 12.4. The van der Waals surface area contributed by atoms with Crippen LogP contribution in [-0.4, -0.2) is 12.6 Å². The van der Waals surface area contributed by atoms with Crippen LogP contribution in [0.1, 0.15) is 50.5 Å². The molecule has 1 atom stereocenters. The van der Waals surface area contributed by atoms with Gasteiger partial charge in [-0.15, -0.1) is 0 Å². The van der Waals surface area contributed by atoms with Crippen LogP contribution in [-0.2, 0) is 0 Å². The fourth-order valence-corrected chi connectivity index (χ4v) is 5.04. The topological polar surface area (TPSA) is 30.5 Å². The quantitative estimate of drug-likeness (QED) is 0.473. The van der Waals surface area contributed by atoms with Gasteiger partial charge < -0.3 is 14.8 Å². The first-order valence-corrected chi connectivity index (χ1v) is 11.1. The second kappa shape index (κ2) is 7.59.